The van der Waals surface area contributed by atoms with Crippen LogP contribution in [0, 0.1) is 5.92 Å². The molecule has 0 saturated carbocycles. The molecular formula is C13H21N3. The molecule has 0 amide bonds. The van der Waals surface area contributed by atoms with Crippen LogP contribution in [-0.2, 0) is 19.3 Å². The van der Waals surface area contributed by atoms with Gasteiger partial charge in [0.15, 0.2) is 0 Å². The highest BCUT2D eigenvalue weighted by atomic mass is 15.0. The SMILES string of the molecule is CC(C)CCc1nc(N)c2c(n1)CCCC2. The summed E-state index contributed by atoms with van der Waals surface area (Å²) < 4.78 is 0. The maximum Gasteiger partial charge on any atom is 0.131 e. The Morgan fingerprint density at radius 2 is 1.94 bits per heavy atom. The van der Waals surface area contributed by atoms with Crippen molar-refractivity contribution >= 4 is 5.82 Å². The Hall–Kier alpha value is -1.12. The molecule has 0 saturated heterocycles. The molecular weight excluding hydrogens is 198 g/mol. The fourth-order valence-electron chi connectivity index (χ4n) is 2.21. The first-order chi connectivity index (χ1) is 7.66. The molecule has 0 aromatic carbocycles. The van der Waals surface area contributed by atoms with E-state index in [2.05, 4.69) is 23.8 Å². The first kappa shape index (κ1) is 11.4. The standard InChI is InChI=1S/C13H21N3/c1-9(2)7-8-12-15-11-6-4-3-5-10(11)13(14)16-12/h9H,3-8H2,1-2H3,(H2,14,15,16). The average molecular weight is 219 g/mol. The summed E-state index contributed by atoms with van der Waals surface area (Å²) in [6.45, 7) is 4.45. The van der Waals surface area contributed by atoms with E-state index in [-0.39, 0.29) is 0 Å². The van der Waals surface area contributed by atoms with E-state index in [1.165, 1.54) is 24.1 Å². The summed E-state index contributed by atoms with van der Waals surface area (Å²) in [6, 6.07) is 0. The quantitative estimate of drug-likeness (QED) is 0.850. The first-order valence-corrected chi connectivity index (χ1v) is 6.31. The van der Waals surface area contributed by atoms with E-state index in [0.717, 1.165) is 37.3 Å². The molecule has 1 heterocycles. The van der Waals surface area contributed by atoms with Crippen LogP contribution in [0.3, 0.4) is 0 Å². The zero-order valence-electron chi connectivity index (χ0n) is 10.3. The minimum absolute atomic E-state index is 0.695. The second-order valence-corrected chi connectivity index (χ2v) is 5.09. The number of aryl methyl sites for hydroxylation is 2. The van der Waals surface area contributed by atoms with Crippen LogP contribution >= 0.6 is 0 Å². The minimum atomic E-state index is 0.695. The van der Waals surface area contributed by atoms with Gasteiger partial charge < -0.3 is 5.73 Å². The van der Waals surface area contributed by atoms with E-state index in [1.54, 1.807) is 0 Å². The van der Waals surface area contributed by atoms with Crippen molar-refractivity contribution in [3.8, 4) is 0 Å². The van der Waals surface area contributed by atoms with Crippen LogP contribution in [0.1, 0.15) is 50.2 Å². The van der Waals surface area contributed by atoms with Crippen molar-refractivity contribution < 1.29 is 0 Å². The zero-order chi connectivity index (χ0) is 11.5. The summed E-state index contributed by atoms with van der Waals surface area (Å²) in [5.41, 5.74) is 8.41. The second kappa shape index (κ2) is 4.81. The predicted octanol–water partition coefficient (Wildman–Crippen LogP) is 2.53. The average Bonchev–Trinajstić information content (AvgIpc) is 2.26. The third kappa shape index (κ3) is 2.52. The van der Waals surface area contributed by atoms with Crippen LogP contribution in [0.2, 0.25) is 0 Å². The van der Waals surface area contributed by atoms with Gasteiger partial charge in [-0.05, 0) is 38.0 Å². The molecule has 0 aliphatic heterocycles. The summed E-state index contributed by atoms with van der Waals surface area (Å²) in [5.74, 6) is 2.36. The highest BCUT2D eigenvalue weighted by Gasteiger charge is 2.15. The van der Waals surface area contributed by atoms with E-state index in [1.807, 2.05) is 0 Å². The van der Waals surface area contributed by atoms with E-state index in [9.17, 15) is 0 Å². The van der Waals surface area contributed by atoms with Crippen molar-refractivity contribution in [3.63, 3.8) is 0 Å². The Balaban J connectivity index is 2.18. The Labute approximate surface area is 97.5 Å². The van der Waals surface area contributed by atoms with Gasteiger partial charge in [0.05, 0.1) is 0 Å². The molecule has 0 bridgehead atoms. The molecule has 0 unspecified atom stereocenters. The largest absolute Gasteiger partial charge is 0.383 e. The molecule has 0 radical (unpaired) electrons. The number of nitrogens with zero attached hydrogens (tertiary/aromatic N) is 2. The lowest BCUT2D eigenvalue weighted by atomic mass is 9.96. The lowest BCUT2D eigenvalue weighted by molar-refractivity contribution is 0.569. The molecule has 1 aliphatic carbocycles. The molecule has 0 fully saturated rings. The summed E-state index contributed by atoms with van der Waals surface area (Å²) in [6.07, 6.45) is 6.70. The van der Waals surface area contributed by atoms with E-state index < -0.39 is 0 Å². The monoisotopic (exact) mass is 219 g/mol. The van der Waals surface area contributed by atoms with Gasteiger partial charge in [-0.25, -0.2) is 9.97 Å². The molecule has 88 valence electrons. The molecule has 0 atom stereocenters. The number of fused-ring (bicyclic) bond motifs is 1. The molecule has 1 aromatic rings. The van der Waals surface area contributed by atoms with Gasteiger partial charge in [0.2, 0.25) is 0 Å². The van der Waals surface area contributed by atoms with Crippen LogP contribution in [0.25, 0.3) is 0 Å². The number of nitrogens with two attached hydrogens (primary N) is 1. The third-order valence-electron chi connectivity index (χ3n) is 3.21. The molecule has 0 spiro atoms. The van der Waals surface area contributed by atoms with Gasteiger partial charge in [-0.2, -0.15) is 0 Å². The fourth-order valence-corrected chi connectivity index (χ4v) is 2.21. The van der Waals surface area contributed by atoms with Gasteiger partial charge in [0.1, 0.15) is 11.6 Å². The predicted molar refractivity (Wildman–Crippen MR) is 66.2 cm³/mol. The van der Waals surface area contributed by atoms with Gasteiger partial charge in [0.25, 0.3) is 0 Å². The normalized spacial score (nSPS) is 15.2. The van der Waals surface area contributed by atoms with E-state index in [0.29, 0.717) is 5.92 Å². The summed E-state index contributed by atoms with van der Waals surface area (Å²) in [5, 5.41) is 0. The van der Waals surface area contributed by atoms with Crippen molar-refractivity contribution in [2.45, 2.75) is 52.4 Å². The van der Waals surface area contributed by atoms with Gasteiger partial charge in [-0.1, -0.05) is 13.8 Å². The van der Waals surface area contributed by atoms with Crippen molar-refractivity contribution in [2.75, 3.05) is 5.73 Å². The first-order valence-electron chi connectivity index (χ1n) is 6.31. The molecule has 2 N–H and O–H groups in total. The van der Waals surface area contributed by atoms with E-state index in [4.69, 9.17) is 5.73 Å². The molecule has 1 aliphatic rings. The lowest BCUT2D eigenvalue weighted by Gasteiger charge is -2.17. The maximum absolute atomic E-state index is 6.00. The van der Waals surface area contributed by atoms with Crippen LogP contribution < -0.4 is 5.73 Å². The van der Waals surface area contributed by atoms with Gasteiger partial charge in [-0.15, -0.1) is 0 Å². The molecule has 3 heteroatoms. The van der Waals surface area contributed by atoms with Crippen LogP contribution in [0.4, 0.5) is 5.82 Å². The van der Waals surface area contributed by atoms with Crippen molar-refractivity contribution in [2.24, 2.45) is 5.92 Å². The van der Waals surface area contributed by atoms with Crippen LogP contribution in [-0.4, -0.2) is 9.97 Å². The minimum Gasteiger partial charge on any atom is -0.383 e. The van der Waals surface area contributed by atoms with Gasteiger partial charge >= 0.3 is 0 Å². The number of nitrogen functional groups attached to an aromatic ring is 1. The second-order valence-electron chi connectivity index (χ2n) is 5.09. The van der Waals surface area contributed by atoms with Gasteiger partial charge in [0, 0.05) is 17.7 Å². The Morgan fingerprint density at radius 1 is 1.19 bits per heavy atom. The summed E-state index contributed by atoms with van der Waals surface area (Å²) in [4.78, 5) is 9.08. The highest BCUT2D eigenvalue weighted by Crippen LogP contribution is 2.23. The van der Waals surface area contributed by atoms with Crippen molar-refractivity contribution in [3.05, 3.63) is 17.1 Å². The molecule has 1 aromatic heterocycles. The summed E-state index contributed by atoms with van der Waals surface area (Å²) >= 11 is 0. The van der Waals surface area contributed by atoms with Gasteiger partial charge in [-0.3, -0.25) is 0 Å². The number of hydrogen-bond donors (Lipinski definition) is 1. The molecule has 3 nitrogen and oxygen atoms in total. The van der Waals surface area contributed by atoms with Crippen molar-refractivity contribution in [1.29, 1.82) is 0 Å². The smallest absolute Gasteiger partial charge is 0.131 e. The third-order valence-corrected chi connectivity index (χ3v) is 3.21. The Morgan fingerprint density at radius 3 is 2.69 bits per heavy atom. The number of hydrogen-bond acceptors (Lipinski definition) is 3. The maximum atomic E-state index is 6.00. The topological polar surface area (TPSA) is 51.8 Å². The van der Waals surface area contributed by atoms with Crippen molar-refractivity contribution in [1.82, 2.24) is 9.97 Å². The Bertz CT molecular complexity index is 372. The Kier molecular flexibility index (Phi) is 3.42. The lowest BCUT2D eigenvalue weighted by Crippen LogP contribution is -2.13. The number of rotatable bonds is 3. The highest BCUT2D eigenvalue weighted by molar-refractivity contribution is 5.43. The summed E-state index contributed by atoms with van der Waals surface area (Å²) in [7, 11) is 0. The molecule has 2 rings (SSSR count). The number of anilines is 1. The zero-order valence-corrected chi connectivity index (χ0v) is 10.3. The number of aromatic nitrogens is 2. The van der Waals surface area contributed by atoms with Crippen LogP contribution in [0.15, 0.2) is 0 Å². The fraction of sp³-hybridized carbons (Fsp3) is 0.692. The van der Waals surface area contributed by atoms with E-state index >= 15 is 0 Å². The van der Waals surface area contributed by atoms with Crippen LogP contribution in [0.5, 0.6) is 0 Å². The molecule has 16 heavy (non-hydrogen) atoms.